The molecular weight excluding hydrogens is 328 g/mol. The summed E-state index contributed by atoms with van der Waals surface area (Å²) in [4.78, 5) is 5.63. The number of H-pyrrole nitrogens is 1. The highest BCUT2D eigenvalue weighted by Crippen LogP contribution is 2.11. The summed E-state index contributed by atoms with van der Waals surface area (Å²) in [6.45, 7) is 3.85. The minimum absolute atomic E-state index is 0.940. The molecule has 0 bridgehead atoms. The quantitative estimate of drug-likeness (QED) is 0.800. The Morgan fingerprint density at radius 1 is 1.00 bits per heavy atom. The Bertz CT molecular complexity index is 589. The lowest BCUT2D eigenvalue weighted by molar-refractivity contribution is -0.364. The van der Waals surface area contributed by atoms with Crippen LogP contribution in [0.4, 0.5) is 5.82 Å². The highest BCUT2D eigenvalue weighted by atomic mass is 79.9. The molecule has 2 heterocycles. The number of rotatable bonds is 3. The predicted octanol–water partition coefficient (Wildman–Crippen LogP) is 2.42. The van der Waals surface area contributed by atoms with Crippen molar-refractivity contribution in [2.75, 3.05) is 31.1 Å². The fraction of sp³-hybridized carbons (Fsp3) is 0.250. The third-order valence-corrected chi connectivity index (χ3v) is 4.06. The van der Waals surface area contributed by atoms with E-state index in [1.54, 1.807) is 0 Å². The van der Waals surface area contributed by atoms with Gasteiger partial charge in [0.15, 0.2) is 0 Å². The fourth-order valence-corrected chi connectivity index (χ4v) is 2.59. The Morgan fingerprint density at radius 3 is 2.43 bits per heavy atom. The number of hydrogen-bond donors (Lipinski definition) is 0. The van der Waals surface area contributed by atoms with Crippen LogP contribution >= 0.6 is 15.9 Å². The summed E-state index contributed by atoms with van der Waals surface area (Å²) >= 11 is 3.44. The van der Waals surface area contributed by atoms with E-state index in [0.717, 1.165) is 36.2 Å². The van der Waals surface area contributed by atoms with Crippen molar-refractivity contribution in [2.24, 2.45) is 5.10 Å². The molecule has 0 amide bonds. The van der Waals surface area contributed by atoms with E-state index in [4.69, 9.17) is 0 Å². The topological polar surface area (TPSA) is 33.0 Å². The van der Waals surface area contributed by atoms with E-state index in [0.29, 0.717) is 0 Å². The number of nitrogens with one attached hydrogen (secondary N) is 1. The van der Waals surface area contributed by atoms with Crippen molar-refractivity contribution in [1.82, 2.24) is 5.01 Å². The van der Waals surface area contributed by atoms with E-state index in [-0.39, 0.29) is 0 Å². The largest absolute Gasteiger partial charge is 0.289 e. The Morgan fingerprint density at radius 2 is 1.76 bits per heavy atom. The average molecular weight is 346 g/mol. The third kappa shape index (κ3) is 3.82. The van der Waals surface area contributed by atoms with Crippen molar-refractivity contribution in [3.63, 3.8) is 0 Å². The molecule has 108 valence electrons. The first-order chi connectivity index (χ1) is 10.3. The third-order valence-electron chi connectivity index (χ3n) is 3.53. The Balaban J connectivity index is 1.55. The molecule has 3 rings (SSSR count). The van der Waals surface area contributed by atoms with Crippen LogP contribution in [-0.4, -0.2) is 37.4 Å². The molecule has 21 heavy (non-hydrogen) atoms. The smallest absolute Gasteiger partial charge is 0.274 e. The van der Waals surface area contributed by atoms with Crippen molar-refractivity contribution < 1.29 is 4.98 Å². The minimum atomic E-state index is 0.940. The number of benzene rings is 1. The number of hydrazone groups is 1. The van der Waals surface area contributed by atoms with Crippen LogP contribution in [0.15, 0.2) is 58.2 Å². The number of nitrogens with zero attached hydrogens (tertiary/aromatic N) is 3. The first-order valence-electron chi connectivity index (χ1n) is 7.07. The van der Waals surface area contributed by atoms with E-state index < -0.39 is 0 Å². The molecule has 1 fully saturated rings. The molecule has 1 aliphatic heterocycles. The van der Waals surface area contributed by atoms with Crippen LogP contribution in [0.5, 0.6) is 0 Å². The number of aromatic amines is 1. The minimum Gasteiger partial charge on any atom is -0.289 e. The number of hydrogen-bond acceptors (Lipinski definition) is 3. The van der Waals surface area contributed by atoms with Gasteiger partial charge in [0.1, 0.15) is 13.1 Å². The zero-order valence-corrected chi connectivity index (χ0v) is 13.3. The second kappa shape index (κ2) is 6.72. The van der Waals surface area contributed by atoms with Crippen LogP contribution in [0.3, 0.4) is 0 Å². The SMILES string of the molecule is Brc1ccc(/C=N\N2CCN(c3cccc[nH+]3)CC2)cc1. The van der Waals surface area contributed by atoms with E-state index in [2.05, 4.69) is 60.2 Å². The molecule has 1 aromatic carbocycles. The summed E-state index contributed by atoms with van der Waals surface area (Å²) in [6, 6.07) is 14.4. The van der Waals surface area contributed by atoms with Gasteiger partial charge in [0.25, 0.3) is 5.82 Å². The van der Waals surface area contributed by atoms with Gasteiger partial charge in [0.2, 0.25) is 0 Å². The van der Waals surface area contributed by atoms with Crippen LogP contribution in [-0.2, 0) is 0 Å². The van der Waals surface area contributed by atoms with Crippen molar-refractivity contribution >= 4 is 28.0 Å². The Hall–Kier alpha value is -1.88. The number of piperazine rings is 1. The summed E-state index contributed by atoms with van der Waals surface area (Å²) in [6.07, 6.45) is 3.89. The van der Waals surface area contributed by atoms with Crippen LogP contribution in [0, 0.1) is 0 Å². The van der Waals surface area contributed by atoms with Crippen LogP contribution in [0.2, 0.25) is 0 Å². The van der Waals surface area contributed by atoms with Gasteiger partial charge in [-0.1, -0.05) is 34.1 Å². The standard InChI is InChI=1S/C16H17BrN4/c17-15-6-4-14(5-7-15)13-19-21-11-9-20(10-12-21)16-3-1-2-8-18-16/h1-8,13H,9-12H2/p+1/b19-13-. The highest BCUT2D eigenvalue weighted by molar-refractivity contribution is 9.10. The van der Waals surface area contributed by atoms with Gasteiger partial charge in [0.05, 0.1) is 25.5 Å². The lowest BCUT2D eigenvalue weighted by Gasteiger charge is -2.28. The number of halogens is 1. The maximum Gasteiger partial charge on any atom is 0.274 e. The summed E-state index contributed by atoms with van der Waals surface area (Å²) < 4.78 is 1.09. The predicted molar refractivity (Wildman–Crippen MR) is 88.5 cm³/mol. The second-order valence-electron chi connectivity index (χ2n) is 4.98. The van der Waals surface area contributed by atoms with Crippen molar-refractivity contribution in [2.45, 2.75) is 0 Å². The van der Waals surface area contributed by atoms with Gasteiger partial charge in [0, 0.05) is 10.5 Å². The number of pyridine rings is 1. The lowest BCUT2D eigenvalue weighted by Crippen LogP contribution is -2.45. The van der Waals surface area contributed by atoms with Gasteiger partial charge < -0.3 is 0 Å². The van der Waals surface area contributed by atoms with Crippen LogP contribution < -0.4 is 9.88 Å². The number of anilines is 1. The molecule has 4 nitrogen and oxygen atoms in total. The van der Waals surface area contributed by atoms with Crippen LogP contribution in [0.1, 0.15) is 5.56 Å². The van der Waals surface area contributed by atoms with E-state index >= 15 is 0 Å². The molecule has 0 atom stereocenters. The van der Waals surface area contributed by atoms with Gasteiger partial charge in [-0.05, 0) is 23.8 Å². The molecule has 0 spiro atoms. The zero-order valence-electron chi connectivity index (χ0n) is 11.7. The Labute approximate surface area is 133 Å². The van der Waals surface area contributed by atoms with Crippen LogP contribution in [0.25, 0.3) is 0 Å². The molecular formula is C16H18BrN4+. The van der Waals surface area contributed by atoms with Gasteiger partial charge in [-0.3, -0.25) is 9.91 Å². The normalized spacial score (nSPS) is 15.7. The van der Waals surface area contributed by atoms with Gasteiger partial charge >= 0.3 is 0 Å². The monoisotopic (exact) mass is 345 g/mol. The first kappa shape index (κ1) is 14.1. The molecule has 1 aromatic heterocycles. The van der Waals surface area contributed by atoms with E-state index in [9.17, 15) is 0 Å². The lowest BCUT2D eigenvalue weighted by atomic mass is 10.2. The van der Waals surface area contributed by atoms with E-state index in [1.807, 2.05) is 30.6 Å². The molecule has 5 heteroatoms. The molecule has 1 N–H and O–H groups in total. The maximum atomic E-state index is 4.57. The van der Waals surface area contributed by atoms with Crippen molar-refractivity contribution in [3.8, 4) is 0 Å². The molecule has 1 aliphatic rings. The summed E-state index contributed by atoms with van der Waals surface area (Å²) in [5.74, 6) is 1.18. The van der Waals surface area contributed by atoms with E-state index in [1.165, 1.54) is 5.82 Å². The zero-order chi connectivity index (χ0) is 14.5. The highest BCUT2D eigenvalue weighted by Gasteiger charge is 2.21. The molecule has 0 unspecified atom stereocenters. The van der Waals surface area contributed by atoms with Crippen molar-refractivity contribution in [3.05, 3.63) is 58.7 Å². The van der Waals surface area contributed by atoms with Gasteiger partial charge in [-0.2, -0.15) is 5.10 Å². The molecule has 1 saturated heterocycles. The van der Waals surface area contributed by atoms with Gasteiger partial charge in [-0.15, -0.1) is 0 Å². The van der Waals surface area contributed by atoms with Gasteiger partial charge in [-0.25, -0.2) is 4.98 Å². The fourth-order valence-electron chi connectivity index (χ4n) is 2.33. The summed E-state index contributed by atoms with van der Waals surface area (Å²) in [5, 5.41) is 6.69. The first-order valence-corrected chi connectivity index (χ1v) is 7.87. The average Bonchev–Trinajstić information content (AvgIpc) is 2.56. The maximum absolute atomic E-state index is 4.57. The summed E-state index contributed by atoms with van der Waals surface area (Å²) in [7, 11) is 0. The summed E-state index contributed by atoms with van der Waals surface area (Å²) in [5.41, 5.74) is 1.12. The molecule has 2 aromatic rings. The molecule has 0 radical (unpaired) electrons. The molecule has 0 aliphatic carbocycles. The van der Waals surface area contributed by atoms with Crippen molar-refractivity contribution in [1.29, 1.82) is 0 Å². The Kier molecular flexibility index (Phi) is 4.50. The molecule has 0 saturated carbocycles. The number of aromatic nitrogens is 1. The second-order valence-corrected chi connectivity index (χ2v) is 5.90.